The number of ether oxygens (including phenoxy) is 1. The number of carbonyl (C=O) groups excluding carboxylic acids is 1. The highest BCUT2D eigenvalue weighted by atomic mass is 16.5. The fourth-order valence-corrected chi connectivity index (χ4v) is 1.44. The summed E-state index contributed by atoms with van der Waals surface area (Å²) in [7, 11) is 1.42. The standard InChI is InChI=1S/C11H19NO2/c1-4-9(11(13)14-3)5-6-12-10-7-8(10)2/h5,8,10,12H,4,6-7H2,1-3H3. The molecule has 3 heteroatoms. The minimum atomic E-state index is -0.210. The van der Waals surface area contributed by atoms with Crippen molar-refractivity contribution in [1.82, 2.24) is 5.32 Å². The molecule has 0 amide bonds. The van der Waals surface area contributed by atoms with Crippen LogP contribution in [-0.2, 0) is 9.53 Å². The van der Waals surface area contributed by atoms with Crippen LogP contribution in [0.5, 0.6) is 0 Å². The summed E-state index contributed by atoms with van der Waals surface area (Å²) in [6, 6.07) is 0.655. The van der Waals surface area contributed by atoms with Crippen LogP contribution < -0.4 is 5.32 Å². The van der Waals surface area contributed by atoms with E-state index in [9.17, 15) is 4.79 Å². The minimum absolute atomic E-state index is 0.210. The Morgan fingerprint density at radius 1 is 1.64 bits per heavy atom. The number of nitrogens with one attached hydrogen (secondary N) is 1. The first-order valence-corrected chi connectivity index (χ1v) is 5.19. The molecule has 0 spiro atoms. The maximum Gasteiger partial charge on any atom is 0.333 e. The molecule has 1 aliphatic rings. The molecular formula is C11H19NO2. The van der Waals surface area contributed by atoms with Gasteiger partial charge in [-0.15, -0.1) is 0 Å². The van der Waals surface area contributed by atoms with Crippen LogP contribution >= 0.6 is 0 Å². The zero-order valence-electron chi connectivity index (χ0n) is 9.17. The third-order valence-electron chi connectivity index (χ3n) is 2.67. The highest BCUT2D eigenvalue weighted by Crippen LogP contribution is 2.28. The summed E-state index contributed by atoms with van der Waals surface area (Å²) in [5, 5.41) is 3.37. The fourth-order valence-electron chi connectivity index (χ4n) is 1.44. The van der Waals surface area contributed by atoms with E-state index < -0.39 is 0 Å². The van der Waals surface area contributed by atoms with Crippen LogP contribution in [-0.4, -0.2) is 25.7 Å². The Kier molecular flexibility index (Phi) is 4.14. The van der Waals surface area contributed by atoms with Gasteiger partial charge in [-0.05, 0) is 18.8 Å². The fraction of sp³-hybridized carbons (Fsp3) is 0.727. The molecule has 3 nitrogen and oxygen atoms in total. The summed E-state index contributed by atoms with van der Waals surface area (Å²) in [6.07, 6.45) is 3.92. The number of rotatable bonds is 5. The number of carbonyl (C=O) groups is 1. The summed E-state index contributed by atoms with van der Waals surface area (Å²) >= 11 is 0. The first-order chi connectivity index (χ1) is 6.69. The molecule has 0 heterocycles. The van der Waals surface area contributed by atoms with Crippen LogP contribution in [0.25, 0.3) is 0 Å². The highest BCUT2D eigenvalue weighted by molar-refractivity contribution is 5.88. The summed E-state index contributed by atoms with van der Waals surface area (Å²) in [5.41, 5.74) is 0.758. The van der Waals surface area contributed by atoms with Crippen molar-refractivity contribution >= 4 is 5.97 Å². The number of esters is 1. The van der Waals surface area contributed by atoms with Gasteiger partial charge in [0.25, 0.3) is 0 Å². The highest BCUT2D eigenvalue weighted by Gasteiger charge is 2.31. The van der Waals surface area contributed by atoms with E-state index in [1.54, 1.807) is 0 Å². The summed E-state index contributed by atoms with van der Waals surface area (Å²) in [4.78, 5) is 11.2. The second-order valence-electron chi connectivity index (χ2n) is 3.80. The molecule has 80 valence electrons. The van der Waals surface area contributed by atoms with E-state index in [-0.39, 0.29) is 5.97 Å². The Hall–Kier alpha value is -0.830. The van der Waals surface area contributed by atoms with Crippen molar-refractivity contribution in [3.63, 3.8) is 0 Å². The zero-order chi connectivity index (χ0) is 10.6. The number of hydrogen-bond donors (Lipinski definition) is 1. The molecule has 0 aromatic carbocycles. The predicted molar refractivity (Wildman–Crippen MR) is 56.0 cm³/mol. The Labute approximate surface area is 85.5 Å². The van der Waals surface area contributed by atoms with Crippen molar-refractivity contribution in [1.29, 1.82) is 0 Å². The lowest BCUT2D eigenvalue weighted by Crippen LogP contribution is -2.18. The van der Waals surface area contributed by atoms with Crippen molar-refractivity contribution in [2.45, 2.75) is 32.7 Å². The third-order valence-corrected chi connectivity index (χ3v) is 2.67. The van der Waals surface area contributed by atoms with Crippen LogP contribution in [0, 0.1) is 5.92 Å². The molecule has 2 atom stereocenters. The van der Waals surface area contributed by atoms with E-state index in [4.69, 9.17) is 0 Å². The number of methoxy groups -OCH3 is 1. The Morgan fingerprint density at radius 3 is 2.71 bits per heavy atom. The van der Waals surface area contributed by atoms with Gasteiger partial charge in [0.2, 0.25) is 0 Å². The second-order valence-corrected chi connectivity index (χ2v) is 3.80. The topological polar surface area (TPSA) is 38.3 Å². The van der Waals surface area contributed by atoms with Gasteiger partial charge < -0.3 is 10.1 Å². The maximum atomic E-state index is 11.2. The molecule has 1 fully saturated rings. The molecule has 0 bridgehead atoms. The molecule has 1 N–H and O–H groups in total. The summed E-state index contributed by atoms with van der Waals surface area (Å²) < 4.78 is 4.66. The van der Waals surface area contributed by atoms with E-state index in [1.165, 1.54) is 13.5 Å². The van der Waals surface area contributed by atoms with Crippen molar-refractivity contribution in [2.75, 3.05) is 13.7 Å². The zero-order valence-corrected chi connectivity index (χ0v) is 9.17. The average Bonchev–Trinajstić information content (AvgIpc) is 2.88. The molecular weight excluding hydrogens is 178 g/mol. The largest absolute Gasteiger partial charge is 0.466 e. The molecule has 1 rings (SSSR count). The van der Waals surface area contributed by atoms with Gasteiger partial charge in [0.1, 0.15) is 0 Å². The number of hydrogen-bond acceptors (Lipinski definition) is 3. The average molecular weight is 197 g/mol. The van der Waals surface area contributed by atoms with Crippen molar-refractivity contribution in [3.8, 4) is 0 Å². The van der Waals surface area contributed by atoms with E-state index in [0.29, 0.717) is 6.04 Å². The van der Waals surface area contributed by atoms with Crippen molar-refractivity contribution < 1.29 is 9.53 Å². The summed E-state index contributed by atoms with van der Waals surface area (Å²) in [5.74, 6) is 0.588. The van der Waals surface area contributed by atoms with Gasteiger partial charge in [-0.25, -0.2) is 4.79 Å². The van der Waals surface area contributed by atoms with E-state index in [1.807, 2.05) is 13.0 Å². The van der Waals surface area contributed by atoms with Crippen LogP contribution in [0.15, 0.2) is 11.6 Å². The van der Waals surface area contributed by atoms with Gasteiger partial charge in [0.15, 0.2) is 0 Å². The molecule has 0 aromatic heterocycles. The van der Waals surface area contributed by atoms with Gasteiger partial charge in [0.05, 0.1) is 7.11 Å². The molecule has 0 saturated heterocycles. The van der Waals surface area contributed by atoms with Crippen LogP contribution in [0.3, 0.4) is 0 Å². The monoisotopic (exact) mass is 197 g/mol. The van der Waals surface area contributed by atoms with Gasteiger partial charge in [-0.3, -0.25) is 0 Å². The van der Waals surface area contributed by atoms with Crippen molar-refractivity contribution in [3.05, 3.63) is 11.6 Å². The Morgan fingerprint density at radius 2 is 2.29 bits per heavy atom. The van der Waals surface area contributed by atoms with Crippen LogP contribution in [0.1, 0.15) is 26.7 Å². The van der Waals surface area contributed by atoms with Gasteiger partial charge >= 0.3 is 5.97 Å². The molecule has 2 unspecified atom stereocenters. The van der Waals surface area contributed by atoms with Crippen molar-refractivity contribution in [2.24, 2.45) is 5.92 Å². The molecule has 0 aromatic rings. The molecule has 1 saturated carbocycles. The van der Waals surface area contributed by atoms with E-state index in [2.05, 4.69) is 17.0 Å². The predicted octanol–water partition coefficient (Wildman–Crippen LogP) is 1.49. The normalized spacial score (nSPS) is 26.1. The molecule has 14 heavy (non-hydrogen) atoms. The van der Waals surface area contributed by atoms with Gasteiger partial charge in [0, 0.05) is 18.2 Å². The third kappa shape index (κ3) is 3.14. The Bertz CT molecular complexity index is 235. The van der Waals surface area contributed by atoms with Gasteiger partial charge in [-0.1, -0.05) is 19.9 Å². The maximum absolute atomic E-state index is 11.2. The second kappa shape index (κ2) is 5.15. The molecule has 0 radical (unpaired) electrons. The summed E-state index contributed by atoms with van der Waals surface area (Å²) in [6.45, 7) is 4.96. The van der Waals surface area contributed by atoms with E-state index in [0.717, 1.165) is 24.5 Å². The molecule has 0 aliphatic heterocycles. The lowest BCUT2D eigenvalue weighted by molar-refractivity contribution is -0.136. The first-order valence-electron chi connectivity index (χ1n) is 5.19. The molecule has 1 aliphatic carbocycles. The minimum Gasteiger partial charge on any atom is -0.466 e. The first kappa shape index (κ1) is 11.2. The van der Waals surface area contributed by atoms with Gasteiger partial charge in [-0.2, -0.15) is 0 Å². The Balaban J connectivity index is 2.28. The smallest absolute Gasteiger partial charge is 0.333 e. The quantitative estimate of drug-likeness (QED) is 0.536. The lowest BCUT2D eigenvalue weighted by atomic mass is 10.2. The lowest BCUT2D eigenvalue weighted by Gasteiger charge is -2.03. The SMILES string of the molecule is CCC(=CCNC1CC1C)C(=O)OC. The van der Waals surface area contributed by atoms with Crippen LogP contribution in [0.2, 0.25) is 0 Å². The van der Waals surface area contributed by atoms with Crippen LogP contribution in [0.4, 0.5) is 0 Å². The van der Waals surface area contributed by atoms with E-state index >= 15 is 0 Å².